The van der Waals surface area contributed by atoms with Crippen molar-refractivity contribution in [2.75, 3.05) is 4.90 Å². The minimum Gasteiger partial charge on any atom is -0.463 e. The van der Waals surface area contributed by atoms with E-state index in [1.807, 2.05) is 0 Å². The second kappa shape index (κ2) is 13.5. The Hall–Kier alpha value is -4.07. The molecule has 0 fully saturated rings. The minimum atomic E-state index is -4.64. The Morgan fingerprint density at radius 2 is 1.60 bits per heavy atom. The zero-order chi connectivity index (χ0) is 30.7. The van der Waals surface area contributed by atoms with E-state index < -0.39 is 46.9 Å². The third kappa shape index (κ3) is 8.27. The minimum absolute atomic E-state index is 0. The van der Waals surface area contributed by atoms with Gasteiger partial charge < -0.3 is 9.57 Å². The van der Waals surface area contributed by atoms with Crippen LogP contribution in [0, 0.1) is 17.0 Å². The van der Waals surface area contributed by atoms with E-state index in [0.29, 0.717) is 6.07 Å². The summed E-state index contributed by atoms with van der Waals surface area (Å²) >= 11 is 0.871. The maximum atomic E-state index is 14.5. The highest BCUT2D eigenvalue weighted by atomic mass is 35.5. The quantitative estimate of drug-likeness (QED) is 0.121. The number of amides is 1. The molecule has 1 atom stereocenters. The Kier molecular flexibility index (Phi) is 10.5. The van der Waals surface area contributed by atoms with Crippen molar-refractivity contribution in [3.05, 3.63) is 95.4 Å². The molecular formula is C29H25ClF5N3O4S. The highest BCUT2D eigenvalue weighted by Gasteiger charge is 2.35. The molecule has 4 rings (SSSR count). The van der Waals surface area contributed by atoms with Gasteiger partial charge in [-0.15, -0.1) is 29.2 Å². The number of rotatable bonds is 8. The van der Waals surface area contributed by atoms with Crippen molar-refractivity contribution in [3.63, 3.8) is 0 Å². The first kappa shape index (κ1) is 33.4. The number of aromatic nitrogens is 1. The number of hydrogen-bond acceptors (Lipinski definition) is 7. The van der Waals surface area contributed by atoms with Crippen LogP contribution in [0.25, 0.3) is 11.3 Å². The second-order valence-electron chi connectivity index (χ2n) is 9.93. The molecule has 0 radical (unpaired) electrons. The lowest BCUT2D eigenvalue weighted by Crippen LogP contribution is -2.50. The van der Waals surface area contributed by atoms with E-state index in [0.717, 1.165) is 46.6 Å². The van der Waals surface area contributed by atoms with Gasteiger partial charge >= 0.3 is 12.1 Å². The van der Waals surface area contributed by atoms with Gasteiger partial charge in [-0.2, -0.15) is 13.2 Å². The number of hydroxylamine groups is 1. The fraction of sp³-hybridized carbons (Fsp3) is 0.207. The molecule has 14 heteroatoms. The number of alkyl halides is 3. The first-order chi connectivity index (χ1) is 19.7. The van der Waals surface area contributed by atoms with Crippen molar-refractivity contribution >= 4 is 46.4 Å². The van der Waals surface area contributed by atoms with Gasteiger partial charge in [0, 0.05) is 17.0 Å². The van der Waals surface area contributed by atoms with Crippen LogP contribution in [0.15, 0.2) is 78.2 Å². The number of benzene rings is 3. The number of carbonyl (C=O) groups is 2. The fourth-order valence-corrected chi connectivity index (χ4v) is 4.31. The number of halogens is 6. The van der Waals surface area contributed by atoms with Gasteiger partial charge in [0.05, 0.1) is 22.4 Å². The molecule has 0 aliphatic heterocycles. The first-order valence-corrected chi connectivity index (χ1v) is 13.2. The Morgan fingerprint density at radius 1 is 0.953 bits per heavy atom. The third-order valence-corrected chi connectivity index (χ3v) is 6.48. The number of nitrogens with zero attached hydrogens (tertiary/aromatic N) is 2. The summed E-state index contributed by atoms with van der Waals surface area (Å²) in [5.41, 5.74) is 0.346. The number of anilines is 2. The smallest absolute Gasteiger partial charge is 0.416 e. The van der Waals surface area contributed by atoms with Gasteiger partial charge in [0.2, 0.25) is 0 Å². The molecule has 1 heterocycles. The molecule has 0 aliphatic rings. The molecule has 228 valence electrons. The summed E-state index contributed by atoms with van der Waals surface area (Å²) in [6, 6.07) is 14.6. The van der Waals surface area contributed by atoms with Crippen LogP contribution in [0.4, 0.5) is 32.8 Å². The number of hydrogen-bond donors (Lipinski definition) is 1. The molecule has 4 aromatic rings. The van der Waals surface area contributed by atoms with Crippen molar-refractivity contribution < 1.29 is 41.1 Å². The summed E-state index contributed by atoms with van der Waals surface area (Å²) in [4.78, 5) is 36.9. The van der Waals surface area contributed by atoms with Gasteiger partial charge in [-0.05, 0) is 69.3 Å². The number of nitrogens with one attached hydrogen (secondary N) is 1. The zero-order valence-electron chi connectivity index (χ0n) is 22.8. The monoisotopic (exact) mass is 641 g/mol. The van der Waals surface area contributed by atoms with Gasteiger partial charge in [-0.25, -0.2) is 18.6 Å². The summed E-state index contributed by atoms with van der Waals surface area (Å²) in [6.45, 7) is 4.77. The van der Waals surface area contributed by atoms with Crippen molar-refractivity contribution in [1.82, 2.24) is 10.5 Å². The SMILES string of the molecule is CC(C)(C)C(=O)ONC(Oc1ccccc1)C(=O)N(c1ccc(C(F)(F)F)cc1)c1nc(-c2ccc(F)cc2F)cs1.Cl. The lowest BCUT2D eigenvalue weighted by molar-refractivity contribution is -0.169. The predicted octanol–water partition coefficient (Wildman–Crippen LogP) is 7.69. The maximum absolute atomic E-state index is 14.5. The van der Waals surface area contributed by atoms with Crippen LogP contribution in [-0.4, -0.2) is 23.1 Å². The summed E-state index contributed by atoms with van der Waals surface area (Å²) in [5, 5.41) is 1.32. The van der Waals surface area contributed by atoms with Crippen LogP contribution in [0.5, 0.6) is 5.75 Å². The molecule has 1 N–H and O–H groups in total. The Balaban J connectivity index is 0.00000506. The van der Waals surface area contributed by atoms with E-state index in [1.165, 1.54) is 23.6 Å². The normalized spacial score (nSPS) is 12.2. The average molecular weight is 642 g/mol. The molecule has 43 heavy (non-hydrogen) atoms. The average Bonchev–Trinajstić information content (AvgIpc) is 3.40. The predicted molar refractivity (Wildman–Crippen MR) is 153 cm³/mol. The third-order valence-electron chi connectivity index (χ3n) is 5.66. The van der Waals surface area contributed by atoms with Gasteiger partial charge in [0.1, 0.15) is 17.4 Å². The molecule has 1 amide bonds. The Bertz CT molecular complexity index is 1560. The maximum Gasteiger partial charge on any atom is 0.416 e. The largest absolute Gasteiger partial charge is 0.463 e. The first-order valence-electron chi connectivity index (χ1n) is 12.3. The van der Waals surface area contributed by atoms with Crippen molar-refractivity contribution in [1.29, 1.82) is 0 Å². The molecule has 0 saturated carbocycles. The van der Waals surface area contributed by atoms with E-state index in [4.69, 9.17) is 9.57 Å². The van der Waals surface area contributed by atoms with Gasteiger partial charge in [0.15, 0.2) is 5.13 Å². The fourth-order valence-electron chi connectivity index (χ4n) is 3.46. The van der Waals surface area contributed by atoms with Crippen LogP contribution in [-0.2, 0) is 20.6 Å². The van der Waals surface area contributed by atoms with Crippen LogP contribution in [0.3, 0.4) is 0 Å². The molecule has 7 nitrogen and oxygen atoms in total. The zero-order valence-corrected chi connectivity index (χ0v) is 24.4. The van der Waals surface area contributed by atoms with E-state index in [-0.39, 0.29) is 40.2 Å². The van der Waals surface area contributed by atoms with Crippen LogP contribution < -0.4 is 15.1 Å². The number of carbonyl (C=O) groups excluding carboxylic acids is 2. The van der Waals surface area contributed by atoms with Gasteiger partial charge in [-0.3, -0.25) is 9.69 Å². The lowest BCUT2D eigenvalue weighted by atomic mass is 9.98. The van der Waals surface area contributed by atoms with Crippen molar-refractivity contribution in [2.24, 2.45) is 5.41 Å². The molecule has 0 aliphatic carbocycles. The highest BCUT2D eigenvalue weighted by Crippen LogP contribution is 2.36. The second-order valence-corrected chi connectivity index (χ2v) is 10.8. The molecular weight excluding hydrogens is 617 g/mol. The molecule has 0 bridgehead atoms. The molecule has 1 aromatic heterocycles. The van der Waals surface area contributed by atoms with Crippen molar-refractivity contribution in [3.8, 4) is 17.0 Å². The van der Waals surface area contributed by atoms with Crippen LogP contribution >= 0.6 is 23.7 Å². The van der Waals surface area contributed by atoms with E-state index >= 15 is 0 Å². The van der Waals surface area contributed by atoms with Gasteiger partial charge in [0.25, 0.3) is 12.1 Å². The Labute approximate surface area is 253 Å². The number of para-hydroxylation sites is 1. The summed E-state index contributed by atoms with van der Waals surface area (Å²) < 4.78 is 73.5. The van der Waals surface area contributed by atoms with Gasteiger partial charge in [-0.1, -0.05) is 18.2 Å². The highest BCUT2D eigenvalue weighted by molar-refractivity contribution is 7.14. The van der Waals surface area contributed by atoms with E-state index in [2.05, 4.69) is 10.5 Å². The Morgan fingerprint density at radius 3 is 2.19 bits per heavy atom. The lowest BCUT2D eigenvalue weighted by Gasteiger charge is -2.27. The summed E-state index contributed by atoms with van der Waals surface area (Å²) in [5.74, 6) is -3.15. The summed E-state index contributed by atoms with van der Waals surface area (Å²) in [6.07, 6.45) is -6.33. The topological polar surface area (TPSA) is 80.8 Å². The summed E-state index contributed by atoms with van der Waals surface area (Å²) in [7, 11) is 0. The molecule has 1 unspecified atom stereocenters. The number of thiazole rings is 1. The van der Waals surface area contributed by atoms with Crippen LogP contribution in [0.1, 0.15) is 26.3 Å². The number of ether oxygens (including phenoxy) is 1. The standard InChI is InChI=1S/C29H24F5N3O4S.ClH/c1-28(2,3)26(39)41-36-24(40-20-7-5-4-6-8-20)25(38)37(19-12-9-17(10-13-19)29(32,33)34)27-35-23(16-42-27)21-14-11-18(30)15-22(21)31;/h4-16,24,36H,1-3H3;1H. The molecule has 0 saturated heterocycles. The van der Waals surface area contributed by atoms with Crippen LogP contribution in [0.2, 0.25) is 0 Å². The van der Waals surface area contributed by atoms with E-state index in [1.54, 1.807) is 39.0 Å². The van der Waals surface area contributed by atoms with E-state index in [9.17, 15) is 31.5 Å². The molecule has 3 aromatic carbocycles. The van der Waals surface area contributed by atoms with Crippen molar-refractivity contribution in [2.45, 2.75) is 33.2 Å². The molecule has 0 spiro atoms.